The lowest BCUT2D eigenvalue weighted by atomic mass is 9.68. The summed E-state index contributed by atoms with van der Waals surface area (Å²) in [7, 11) is -0.942. The zero-order valence-corrected chi connectivity index (χ0v) is 17.9. The minimum Gasteiger partial charge on any atom is -0.413 e. The second kappa shape index (κ2) is 5.89. The average Bonchev–Trinajstić information content (AvgIpc) is 2.53. The molecule has 0 N–H and O–H groups in total. The molecular weight excluding hydrogens is 352 g/mol. The van der Waals surface area contributed by atoms with Crippen molar-refractivity contribution in [2.24, 2.45) is 11.8 Å². The molecule has 1 heterocycles. The molecule has 4 aliphatic rings. The molecule has 26 heavy (non-hydrogen) atoms. The van der Waals surface area contributed by atoms with Gasteiger partial charge in [0, 0.05) is 11.0 Å². The van der Waals surface area contributed by atoms with Crippen molar-refractivity contribution in [3.63, 3.8) is 0 Å². The maximum absolute atomic E-state index is 5.92. The summed E-state index contributed by atoms with van der Waals surface area (Å²) in [5, 5.41) is 0.0653. The Kier molecular flexibility index (Phi) is 3.84. The third-order valence-corrected chi connectivity index (χ3v) is 10.1. The Balaban J connectivity index is 1.71. The number of fused-ring (bicyclic) bond motifs is 5. The first kappa shape index (κ1) is 16.9. The molecule has 1 saturated heterocycles. The lowest BCUT2D eigenvalue weighted by Crippen LogP contribution is -2.56. The summed E-state index contributed by atoms with van der Waals surface area (Å²) >= 11 is 0. The van der Waals surface area contributed by atoms with Crippen molar-refractivity contribution in [1.82, 2.24) is 0 Å². The smallest absolute Gasteiger partial charge is 0.413 e. The van der Waals surface area contributed by atoms with Gasteiger partial charge in [-0.15, -0.1) is 0 Å². The van der Waals surface area contributed by atoms with Gasteiger partial charge in [0.05, 0.1) is 0 Å². The van der Waals surface area contributed by atoms with Crippen LogP contribution in [0.15, 0.2) is 42.0 Å². The van der Waals surface area contributed by atoms with Crippen LogP contribution in [-0.4, -0.2) is 19.3 Å². The maximum Gasteiger partial charge on any atom is 0.413 e. The predicted octanol–water partition coefficient (Wildman–Crippen LogP) is 4.77. The van der Waals surface area contributed by atoms with Crippen LogP contribution in [0.25, 0.3) is 5.57 Å². The maximum atomic E-state index is 5.92. The van der Waals surface area contributed by atoms with E-state index in [1.54, 1.807) is 11.1 Å². The molecule has 1 aromatic carbocycles. The Morgan fingerprint density at radius 2 is 1.96 bits per heavy atom. The monoisotopic (exact) mass is 377 g/mol. The summed E-state index contributed by atoms with van der Waals surface area (Å²) in [6.45, 7) is 9.45. The zero-order valence-electron chi connectivity index (χ0n) is 15.9. The number of hydrogen-bond donors (Lipinski definition) is 0. The van der Waals surface area contributed by atoms with E-state index in [0.717, 1.165) is 0 Å². The van der Waals surface area contributed by atoms with E-state index in [2.05, 4.69) is 64.1 Å². The normalized spacial score (nSPS) is 35.6. The average molecular weight is 378 g/mol. The molecule has 5 rings (SSSR count). The first-order chi connectivity index (χ1) is 12.5. The Hall–Kier alpha value is -1.21. The fraction of sp³-hybridized carbons (Fsp3) is 0.455. The van der Waals surface area contributed by atoms with Crippen LogP contribution in [0.4, 0.5) is 0 Å². The van der Waals surface area contributed by atoms with Crippen molar-refractivity contribution < 1.29 is 8.23 Å². The van der Waals surface area contributed by atoms with Crippen molar-refractivity contribution in [2.45, 2.75) is 51.5 Å². The largest absolute Gasteiger partial charge is 0.413 e. The van der Waals surface area contributed by atoms with E-state index in [9.17, 15) is 0 Å². The van der Waals surface area contributed by atoms with Gasteiger partial charge >= 0.3 is 19.3 Å². The molecular formula is C22H25O2Si2. The summed E-state index contributed by atoms with van der Waals surface area (Å²) in [4.78, 5) is 0. The third-order valence-electron chi connectivity index (χ3n) is 6.62. The van der Waals surface area contributed by atoms with Gasteiger partial charge < -0.3 is 8.23 Å². The second-order valence-electron chi connectivity index (χ2n) is 8.64. The molecule has 3 aliphatic carbocycles. The molecule has 4 heteroatoms. The SMILES string of the molecule is CC1Cc2c(ccc3c2C(C)C=C2C3=CC=CC2C)C(C)([Si]2O[Si]O2)C1. The number of benzene rings is 1. The minimum absolute atomic E-state index is 0.0653. The molecule has 2 nitrogen and oxygen atoms in total. The number of rotatable bonds is 1. The highest BCUT2D eigenvalue weighted by Gasteiger charge is 2.51. The van der Waals surface area contributed by atoms with Crippen LogP contribution in [-0.2, 0) is 19.7 Å². The topological polar surface area (TPSA) is 18.5 Å². The van der Waals surface area contributed by atoms with Crippen LogP contribution in [0.1, 0.15) is 62.3 Å². The summed E-state index contributed by atoms with van der Waals surface area (Å²) in [6.07, 6.45) is 11.7. The second-order valence-corrected chi connectivity index (χ2v) is 12.1. The molecule has 0 amide bonds. The van der Waals surface area contributed by atoms with E-state index in [4.69, 9.17) is 8.23 Å². The third kappa shape index (κ3) is 2.29. The van der Waals surface area contributed by atoms with Crippen molar-refractivity contribution >= 4 is 24.9 Å². The molecule has 4 atom stereocenters. The van der Waals surface area contributed by atoms with Crippen molar-refractivity contribution in [2.75, 3.05) is 0 Å². The van der Waals surface area contributed by atoms with Crippen LogP contribution in [0, 0.1) is 11.8 Å². The van der Waals surface area contributed by atoms with Gasteiger partial charge in [-0.1, -0.05) is 64.1 Å². The molecule has 0 spiro atoms. The Labute approximate surface area is 160 Å². The van der Waals surface area contributed by atoms with E-state index in [1.807, 2.05) is 0 Å². The minimum atomic E-state index is -1.20. The molecule has 0 saturated carbocycles. The molecule has 1 fully saturated rings. The predicted molar refractivity (Wildman–Crippen MR) is 108 cm³/mol. The quantitative estimate of drug-likeness (QED) is 0.657. The van der Waals surface area contributed by atoms with E-state index in [0.29, 0.717) is 17.8 Å². The van der Waals surface area contributed by atoms with Crippen molar-refractivity contribution in [3.05, 3.63) is 64.3 Å². The highest BCUT2D eigenvalue weighted by Crippen LogP contribution is 2.50. The van der Waals surface area contributed by atoms with Gasteiger partial charge in [0.2, 0.25) is 0 Å². The Morgan fingerprint density at radius 1 is 1.15 bits per heavy atom. The van der Waals surface area contributed by atoms with Crippen molar-refractivity contribution in [3.8, 4) is 0 Å². The van der Waals surface area contributed by atoms with Crippen LogP contribution >= 0.6 is 0 Å². The van der Waals surface area contributed by atoms with Gasteiger partial charge in [-0.05, 0) is 58.1 Å². The molecule has 4 unspecified atom stereocenters. The summed E-state index contributed by atoms with van der Waals surface area (Å²) < 4.78 is 11.8. The number of hydrogen-bond acceptors (Lipinski definition) is 2. The van der Waals surface area contributed by atoms with E-state index < -0.39 is 9.28 Å². The molecule has 0 aromatic heterocycles. The summed E-state index contributed by atoms with van der Waals surface area (Å²) in [5.41, 5.74) is 9.02. The standard InChI is InChI=1S/C22H25O2Si2/c1-13-10-19-20(22(4,12-13)26-23-25-24-26)9-8-17-16-7-5-6-14(2)18(16)11-15(3)21(17)19/h5-9,11,13-15H,10,12H2,1-4H3. The van der Waals surface area contributed by atoms with Crippen molar-refractivity contribution in [1.29, 1.82) is 0 Å². The molecule has 0 bridgehead atoms. The highest BCUT2D eigenvalue weighted by atomic mass is 28.4. The van der Waals surface area contributed by atoms with E-state index >= 15 is 0 Å². The molecule has 1 aliphatic heterocycles. The van der Waals surface area contributed by atoms with Gasteiger partial charge in [0.1, 0.15) is 0 Å². The number of allylic oxidation sites excluding steroid dienone is 6. The van der Waals surface area contributed by atoms with E-state index in [-0.39, 0.29) is 15.0 Å². The zero-order chi connectivity index (χ0) is 18.1. The van der Waals surface area contributed by atoms with Crippen LogP contribution in [0.5, 0.6) is 0 Å². The van der Waals surface area contributed by atoms with Gasteiger partial charge in [-0.3, -0.25) is 0 Å². The fourth-order valence-corrected chi connectivity index (χ4v) is 8.93. The highest BCUT2D eigenvalue weighted by molar-refractivity contribution is 6.66. The molecule has 3 radical (unpaired) electrons. The van der Waals surface area contributed by atoms with Gasteiger partial charge in [0.15, 0.2) is 0 Å². The Morgan fingerprint density at radius 3 is 2.69 bits per heavy atom. The van der Waals surface area contributed by atoms with Crippen LogP contribution in [0.2, 0.25) is 0 Å². The molecule has 133 valence electrons. The van der Waals surface area contributed by atoms with Gasteiger partial charge in [-0.25, -0.2) is 0 Å². The van der Waals surface area contributed by atoms with Gasteiger partial charge in [0.25, 0.3) is 0 Å². The lowest BCUT2D eigenvalue weighted by Gasteiger charge is -2.46. The fourth-order valence-electron chi connectivity index (χ4n) is 5.49. The first-order valence-electron chi connectivity index (χ1n) is 9.72. The first-order valence-corrected chi connectivity index (χ1v) is 11.9. The Bertz CT molecular complexity index is 865. The molecule has 1 aromatic rings. The summed E-state index contributed by atoms with van der Waals surface area (Å²) in [6, 6.07) is 4.78. The van der Waals surface area contributed by atoms with E-state index in [1.165, 1.54) is 35.1 Å². The van der Waals surface area contributed by atoms with Crippen LogP contribution < -0.4 is 0 Å². The van der Waals surface area contributed by atoms with Crippen LogP contribution in [0.3, 0.4) is 0 Å². The summed E-state index contributed by atoms with van der Waals surface area (Å²) in [5.74, 6) is 1.65. The van der Waals surface area contributed by atoms with Gasteiger partial charge in [-0.2, -0.15) is 0 Å². The lowest BCUT2D eigenvalue weighted by molar-refractivity contribution is 0.247.